The summed E-state index contributed by atoms with van der Waals surface area (Å²) >= 11 is 0. The summed E-state index contributed by atoms with van der Waals surface area (Å²) < 4.78 is 19.7. The van der Waals surface area contributed by atoms with Gasteiger partial charge >= 0.3 is 5.97 Å². The monoisotopic (exact) mass is 662 g/mol. The largest absolute Gasteiger partial charge is 0.507 e. The van der Waals surface area contributed by atoms with Crippen molar-refractivity contribution in [3.05, 3.63) is 63.3 Å². The van der Waals surface area contributed by atoms with E-state index in [-0.39, 0.29) is 59.0 Å². The minimum absolute atomic E-state index is 0.0298. The SMILES string of the molecule is CO[C@@H]1C2C(=O)c3c(O)c(C/C=C(\C)CCC=C(C)C)c(O)c(CC=C(C)C)c3O[C@]23C2C[C@H]1C(=O)[C@]3(C/C=C(/C)C(=O)O)OC2(C)C. The van der Waals surface area contributed by atoms with Crippen LogP contribution in [0.25, 0.3) is 0 Å². The van der Waals surface area contributed by atoms with Gasteiger partial charge in [0, 0.05) is 42.1 Å². The van der Waals surface area contributed by atoms with E-state index in [1.54, 1.807) is 0 Å². The van der Waals surface area contributed by atoms with Crippen LogP contribution in [0.4, 0.5) is 0 Å². The molecule has 4 fully saturated rings. The predicted molar refractivity (Wildman–Crippen MR) is 182 cm³/mol. The van der Waals surface area contributed by atoms with E-state index in [0.717, 1.165) is 24.0 Å². The molecule has 0 aromatic heterocycles. The van der Waals surface area contributed by atoms with Gasteiger partial charge in [-0.3, -0.25) is 9.59 Å². The standard InChI is InChI=1S/C39H50O9/c1-20(2)11-10-12-22(5)14-16-24-30(40)25(15-13-21(3)4)33-28(31(24)41)32(42)29-34(46-9)26-19-27-37(7,8)48-38(35(26)43,39(27,29)47-33)18-17-23(6)36(44)45/h11,13-14,17,26-27,29,34,40-41H,10,12,15-16,18-19H2,1-9H3,(H,44,45)/b22-14+,23-17-/t26-,27?,29?,34+,38+,39-/m1/s1. The molecule has 5 aliphatic rings. The Bertz CT molecular complexity index is 1670. The molecular formula is C39H50O9. The smallest absolute Gasteiger partial charge is 0.330 e. The van der Waals surface area contributed by atoms with Gasteiger partial charge in [0.2, 0.25) is 0 Å². The molecule has 9 nitrogen and oxygen atoms in total. The lowest BCUT2D eigenvalue weighted by molar-refractivity contribution is -0.224. The van der Waals surface area contributed by atoms with Gasteiger partial charge in [0.15, 0.2) is 22.8 Å². The molecule has 1 aromatic carbocycles. The molecule has 2 heterocycles. The second-order valence-corrected chi connectivity index (χ2v) is 15.0. The Morgan fingerprint density at radius 1 is 0.938 bits per heavy atom. The number of hydrogen-bond donors (Lipinski definition) is 3. The molecule has 2 unspecified atom stereocenters. The quantitative estimate of drug-likeness (QED) is 0.169. The average Bonchev–Trinajstić information content (AvgIpc) is 3.14. The molecule has 48 heavy (non-hydrogen) atoms. The Balaban J connectivity index is 1.75. The highest BCUT2D eigenvalue weighted by Gasteiger charge is 2.85. The summed E-state index contributed by atoms with van der Waals surface area (Å²) in [5.74, 6) is -4.50. The zero-order valence-electron chi connectivity index (χ0n) is 29.7. The van der Waals surface area contributed by atoms with E-state index in [4.69, 9.17) is 14.2 Å². The maximum absolute atomic E-state index is 15.0. The summed E-state index contributed by atoms with van der Waals surface area (Å²) in [6.45, 7) is 15.1. The molecule has 1 saturated heterocycles. The van der Waals surface area contributed by atoms with Crippen molar-refractivity contribution in [1.82, 2.24) is 0 Å². The van der Waals surface area contributed by atoms with Crippen molar-refractivity contribution in [2.24, 2.45) is 17.8 Å². The summed E-state index contributed by atoms with van der Waals surface area (Å²) in [5.41, 5.74) is -0.320. The molecule has 2 aliphatic heterocycles. The van der Waals surface area contributed by atoms with E-state index in [0.29, 0.717) is 12.0 Å². The minimum atomic E-state index is -1.70. The number of ketones is 2. The molecule has 3 N–H and O–H groups in total. The van der Waals surface area contributed by atoms with Gasteiger partial charge in [-0.05, 0) is 87.5 Å². The molecule has 0 radical (unpaired) electrons. The number of aromatic hydroxyl groups is 2. The van der Waals surface area contributed by atoms with E-state index in [2.05, 4.69) is 19.9 Å². The van der Waals surface area contributed by atoms with Gasteiger partial charge in [0.25, 0.3) is 0 Å². The fraction of sp³-hybridized carbons (Fsp3) is 0.564. The zero-order chi connectivity index (χ0) is 35.5. The maximum Gasteiger partial charge on any atom is 0.330 e. The molecule has 9 heteroatoms. The first-order valence-electron chi connectivity index (χ1n) is 16.9. The lowest BCUT2D eigenvalue weighted by Gasteiger charge is -2.62. The number of fused-ring (bicyclic) bond motifs is 1. The number of rotatable bonds is 11. The Kier molecular flexibility index (Phi) is 9.38. The van der Waals surface area contributed by atoms with E-state index >= 15 is 4.79 Å². The second kappa shape index (κ2) is 12.6. The van der Waals surface area contributed by atoms with E-state index in [1.165, 1.54) is 25.7 Å². The van der Waals surface area contributed by atoms with Crippen molar-refractivity contribution >= 4 is 17.5 Å². The van der Waals surface area contributed by atoms with Crippen molar-refractivity contribution in [3.63, 3.8) is 0 Å². The number of allylic oxidation sites excluding steroid dienone is 6. The van der Waals surface area contributed by atoms with Crippen LogP contribution in [0.5, 0.6) is 17.2 Å². The molecule has 1 aromatic rings. The highest BCUT2D eigenvalue weighted by Crippen LogP contribution is 2.70. The zero-order valence-corrected chi connectivity index (χ0v) is 29.7. The maximum atomic E-state index is 15.0. The number of methoxy groups -OCH3 is 1. The van der Waals surface area contributed by atoms with Crippen molar-refractivity contribution in [2.75, 3.05) is 7.11 Å². The fourth-order valence-electron chi connectivity index (χ4n) is 8.67. The Morgan fingerprint density at radius 2 is 1.58 bits per heavy atom. The first-order valence-corrected chi connectivity index (χ1v) is 16.9. The summed E-state index contributed by atoms with van der Waals surface area (Å²) in [5, 5.41) is 33.3. The highest BCUT2D eigenvalue weighted by atomic mass is 16.6. The molecule has 6 atom stereocenters. The number of ether oxygens (including phenoxy) is 3. The van der Waals surface area contributed by atoms with Crippen LogP contribution in [0, 0.1) is 17.8 Å². The number of aliphatic carboxylic acids is 1. The van der Waals surface area contributed by atoms with Crippen LogP contribution in [0.15, 0.2) is 46.6 Å². The number of carboxylic acid groups (broad SMARTS) is 1. The molecule has 1 spiro atoms. The number of carboxylic acids is 1. The van der Waals surface area contributed by atoms with E-state index in [9.17, 15) is 24.9 Å². The van der Waals surface area contributed by atoms with Crippen LogP contribution in [0.1, 0.15) is 103 Å². The van der Waals surface area contributed by atoms with Crippen LogP contribution in [-0.4, -0.2) is 62.9 Å². The molecule has 0 amide bonds. The molecule has 4 bridgehead atoms. The summed E-state index contributed by atoms with van der Waals surface area (Å²) in [4.78, 5) is 41.4. The number of phenols is 2. The Labute approximate surface area is 283 Å². The Hall–Kier alpha value is -3.69. The van der Waals surface area contributed by atoms with E-state index < -0.39 is 52.4 Å². The number of carbonyl (C=O) groups excluding carboxylic acids is 2. The van der Waals surface area contributed by atoms with E-state index in [1.807, 2.05) is 46.8 Å². The van der Waals surface area contributed by atoms with Gasteiger partial charge in [-0.1, -0.05) is 41.0 Å². The normalized spacial score (nSPS) is 30.0. The fourth-order valence-corrected chi connectivity index (χ4v) is 8.67. The van der Waals surface area contributed by atoms with Gasteiger partial charge in [0.05, 0.1) is 17.6 Å². The van der Waals surface area contributed by atoms with Crippen molar-refractivity contribution in [1.29, 1.82) is 0 Å². The highest BCUT2D eigenvalue weighted by molar-refractivity contribution is 6.09. The molecule has 6 rings (SSSR count). The third-order valence-corrected chi connectivity index (χ3v) is 11.0. The first-order chi connectivity index (χ1) is 22.4. The summed E-state index contributed by atoms with van der Waals surface area (Å²) in [6.07, 6.45) is 8.98. The number of benzene rings is 1. The van der Waals surface area contributed by atoms with Gasteiger partial charge < -0.3 is 29.5 Å². The van der Waals surface area contributed by atoms with Crippen LogP contribution >= 0.6 is 0 Å². The molecular weight excluding hydrogens is 612 g/mol. The lowest BCUT2D eigenvalue weighted by atomic mass is 9.45. The van der Waals surface area contributed by atoms with Crippen LogP contribution in [0.3, 0.4) is 0 Å². The van der Waals surface area contributed by atoms with Crippen LogP contribution in [0.2, 0.25) is 0 Å². The van der Waals surface area contributed by atoms with Crippen molar-refractivity contribution in [3.8, 4) is 17.2 Å². The van der Waals surface area contributed by atoms with Crippen molar-refractivity contribution in [2.45, 2.75) is 117 Å². The van der Waals surface area contributed by atoms with Crippen LogP contribution in [-0.2, 0) is 31.9 Å². The minimum Gasteiger partial charge on any atom is -0.507 e. The number of hydrogen-bond acceptors (Lipinski definition) is 8. The summed E-state index contributed by atoms with van der Waals surface area (Å²) in [6, 6.07) is 0. The molecule has 260 valence electrons. The predicted octanol–water partition coefficient (Wildman–Crippen LogP) is 6.97. The van der Waals surface area contributed by atoms with Crippen LogP contribution < -0.4 is 4.74 Å². The lowest BCUT2D eigenvalue weighted by Crippen LogP contribution is -2.80. The first kappa shape index (κ1) is 35.6. The van der Waals surface area contributed by atoms with Gasteiger partial charge in [0.1, 0.15) is 22.8 Å². The summed E-state index contributed by atoms with van der Waals surface area (Å²) in [7, 11) is 1.47. The third kappa shape index (κ3) is 5.34. The average molecular weight is 663 g/mol. The number of Topliss-reactive ketones (excluding diaryl/α,β-unsaturated/α-hetero) is 2. The Morgan fingerprint density at radius 3 is 2.19 bits per heavy atom. The van der Waals surface area contributed by atoms with Crippen molar-refractivity contribution < 1.29 is 43.9 Å². The van der Waals surface area contributed by atoms with Gasteiger partial charge in [-0.15, -0.1) is 0 Å². The topological polar surface area (TPSA) is 140 Å². The van der Waals surface area contributed by atoms with Gasteiger partial charge in [-0.25, -0.2) is 4.79 Å². The molecule has 3 aliphatic carbocycles. The number of phenolic OH excluding ortho intramolecular Hbond substituents is 2. The van der Waals surface area contributed by atoms with Gasteiger partial charge in [-0.2, -0.15) is 0 Å². The molecule has 3 saturated carbocycles. The number of carbonyl (C=O) groups is 3. The third-order valence-electron chi connectivity index (χ3n) is 11.0. The second-order valence-electron chi connectivity index (χ2n) is 15.0.